The number of nitro benzene ring substituents is 1. The quantitative estimate of drug-likeness (QED) is 0.670. The van der Waals surface area contributed by atoms with E-state index in [0.717, 1.165) is 19.0 Å². The average molecular weight is 295 g/mol. The van der Waals surface area contributed by atoms with Crippen LogP contribution >= 0.6 is 0 Å². The maximum Gasteiger partial charge on any atom is 0.295 e. The van der Waals surface area contributed by atoms with E-state index in [1.807, 2.05) is 18.7 Å². The molecule has 1 unspecified atom stereocenters. The van der Waals surface area contributed by atoms with Crippen molar-refractivity contribution in [1.29, 1.82) is 0 Å². The lowest BCUT2D eigenvalue weighted by atomic mass is 10.0. The molecule has 1 N–H and O–H groups in total. The van der Waals surface area contributed by atoms with Crippen LogP contribution < -0.4 is 10.2 Å². The third kappa shape index (κ3) is 3.91. The van der Waals surface area contributed by atoms with Gasteiger partial charge in [0.1, 0.15) is 11.5 Å². The molecule has 1 atom stereocenters. The number of nitrogens with zero attached hydrogens (tertiary/aromatic N) is 2. The zero-order chi connectivity index (χ0) is 15.4. The lowest BCUT2D eigenvalue weighted by Gasteiger charge is -2.34. The highest BCUT2D eigenvalue weighted by Gasteiger charge is 2.25. The monoisotopic (exact) mass is 295 g/mol. The van der Waals surface area contributed by atoms with Gasteiger partial charge in [0.2, 0.25) is 0 Å². The first-order chi connectivity index (χ1) is 9.99. The van der Waals surface area contributed by atoms with Crippen molar-refractivity contribution >= 4 is 11.4 Å². The maximum atomic E-state index is 13.3. The van der Waals surface area contributed by atoms with E-state index in [-0.39, 0.29) is 11.7 Å². The molecule has 0 radical (unpaired) electrons. The number of piperidine rings is 1. The van der Waals surface area contributed by atoms with Gasteiger partial charge in [-0.15, -0.1) is 0 Å². The van der Waals surface area contributed by atoms with Crippen LogP contribution in [-0.4, -0.2) is 30.1 Å². The number of nitrogens with one attached hydrogen (secondary N) is 1. The van der Waals surface area contributed by atoms with Crippen molar-refractivity contribution in [2.75, 3.05) is 18.0 Å². The van der Waals surface area contributed by atoms with E-state index >= 15 is 0 Å². The number of hydrogen-bond acceptors (Lipinski definition) is 4. The number of hydrogen-bond donors (Lipinski definition) is 1. The molecule has 0 saturated carbocycles. The summed E-state index contributed by atoms with van der Waals surface area (Å²) in [6.07, 6.45) is 3.42. The Morgan fingerprint density at radius 3 is 2.81 bits per heavy atom. The molecule has 5 nitrogen and oxygen atoms in total. The van der Waals surface area contributed by atoms with Gasteiger partial charge in [-0.2, -0.15) is 0 Å². The molecule has 1 aliphatic rings. The minimum Gasteiger partial charge on any atom is -0.362 e. The van der Waals surface area contributed by atoms with Crippen molar-refractivity contribution < 1.29 is 9.31 Å². The van der Waals surface area contributed by atoms with Gasteiger partial charge in [0, 0.05) is 18.6 Å². The molecule has 116 valence electrons. The van der Waals surface area contributed by atoms with Crippen molar-refractivity contribution in [2.24, 2.45) is 0 Å². The van der Waals surface area contributed by atoms with Crippen molar-refractivity contribution in [3.8, 4) is 0 Å². The van der Waals surface area contributed by atoms with Crippen LogP contribution in [0.1, 0.15) is 33.1 Å². The first-order valence-electron chi connectivity index (χ1n) is 7.43. The third-order valence-corrected chi connectivity index (χ3v) is 3.90. The molecule has 2 rings (SSSR count). The highest BCUT2D eigenvalue weighted by molar-refractivity contribution is 5.63. The zero-order valence-electron chi connectivity index (χ0n) is 12.5. The fourth-order valence-corrected chi connectivity index (χ4v) is 2.79. The molecular formula is C15H22FN3O2. The van der Waals surface area contributed by atoms with E-state index in [4.69, 9.17) is 0 Å². The molecule has 6 heteroatoms. The van der Waals surface area contributed by atoms with E-state index in [1.54, 1.807) is 0 Å². The number of rotatable bonds is 5. The van der Waals surface area contributed by atoms with Gasteiger partial charge in [-0.25, -0.2) is 4.39 Å². The van der Waals surface area contributed by atoms with Gasteiger partial charge < -0.3 is 10.2 Å². The summed E-state index contributed by atoms with van der Waals surface area (Å²) in [6, 6.07) is 4.23. The number of halogens is 1. The summed E-state index contributed by atoms with van der Waals surface area (Å²) in [5.74, 6) is -0.579. The number of anilines is 1. The zero-order valence-corrected chi connectivity index (χ0v) is 12.5. The Kier molecular flexibility index (Phi) is 5.12. The Labute approximate surface area is 124 Å². The van der Waals surface area contributed by atoms with Crippen LogP contribution in [0.5, 0.6) is 0 Å². The van der Waals surface area contributed by atoms with Gasteiger partial charge in [0.25, 0.3) is 5.69 Å². The van der Waals surface area contributed by atoms with Gasteiger partial charge in [-0.3, -0.25) is 10.1 Å². The smallest absolute Gasteiger partial charge is 0.295 e. The molecule has 1 aliphatic heterocycles. The molecule has 0 aliphatic carbocycles. The molecule has 1 saturated heterocycles. The summed E-state index contributed by atoms with van der Waals surface area (Å²) in [5.41, 5.74) is 0.322. The van der Waals surface area contributed by atoms with Crippen molar-refractivity contribution in [3.05, 3.63) is 34.1 Å². The van der Waals surface area contributed by atoms with Crippen LogP contribution in [-0.2, 0) is 0 Å². The van der Waals surface area contributed by atoms with Crippen LogP contribution in [0.25, 0.3) is 0 Å². The Morgan fingerprint density at radius 1 is 1.48 bits per heavy atom. The Morgan fingerprint density at radius 2 is 2.24 bits per heavy atom. The van der Waals surface area contributed by atoms with Crippen LogP contribution in [0.4, 0.5) is 15.8 Å². The molecule has 0 spiro atoms. The van der Waals surface area contributed by atoms with Crippen LogP contribution in [0, 0.1) is 15.9 Å². The highest BCUT2D eigenvalue weighted by atomic mass is 19.1. The molecule has 21 heavy (non-hydrogen) atoms. The molecule has 0 bridgehead atoms. The van der Waals surface area contributed by atoms with E-state index in [1.165, 1.54) is 25.0 Å². The third-order valence-electron chi connectivity index (χ3n) is 3.90. The van der Waals surface area contributed by atoms with E-state index in [9.17, 15) is 14.5 Å². The number of benzene rings is 1. The predicted molar refractivity (Wildman–Crippen MR) is 81.2 cm³/mol. The minimum atomic E-state index is -0.579. The second-order valence-corrected chi connectivity index (χ2v) is 5.78. The summed E-state index contributed by atoms with van der Waals surface area (Å²) < 4.78 is 13.3. The molecule has 0 aromatic heterocycles. The van der Waals surface area contributed by atoms with Crippen molar-refractivity contribution in [3.63, 3.8) is 0 Å². The topological polar surface area (TPSA) is 58.4 Å². The lowest BCUT2D eigenvalue weighted by Crippen LogP contribution is -2.46. The summed E-state index contributed by atoms with van der Waals surface area (Å²) in [6.45, 7) is 5.68. The van der Waals surface area contributed by atoms with Gasteiger partial charge in [0.05, 0.1) is 11.0 Å². The molecule has 1 aromatic rings. The number of nitro groups is 1. The van der Waals surface area contributed by atoms with E-state index < -0.39 is 10.7 Å². The largest absolute Gasteiger partial charge is 0.362 e. The summed E-state index contributed by atoms with van der Waals surface area (Å²) in [7, 11) is 0. The van der Waals surface area contributed by atoms with E-state index in [0.29, 0.717) is 18.3 Å². The highest BCUT2D eigenvalue weighted by Crippen LogP contribution is 2.30. The summed E-state index contributed by atoms with van der Waals surface area (Å²) >= 11 is 0. The predicted octanol–water partition coefficient (Wildman–Crippen LogP) is 3.09. The standard InChI is InChI=1S/C15H22FN3O2/c1-11(2)18(10-13-5-3-4-8-17-13)14-7-6-12(16)9-15(14)19(20)21/h6-7,9,11,13,17H,3-5,8,10H2,1-2H3. The molecule has 1 heterocycles. The normalized spacial score (nSPS) is 18.8. The second-order valence-electron chi connectivity index (χ2n) is 5.78. The Hall–Kier alpha value is -1.69. The van der Waals surface area contributed by atoms with Crippen LogP contribution in [0.15, 0.2) is 18.2 Å². The average Bonchev–Trinajstić information content (AvgIpc) is 2.46. The molecular weight excluding hydrogens is 273 g/mol. The molecule has 0 amide bonds. The Bertz CT molecular complexity index is 502. The molecule has 1 aromatic carbocycles. The first-order valence-corrected chi connectivity index (χ1v) is 7.43. The lowest BCUT2D eigenvalue weighted by molar-refractivity contribution is -0.384. The van der Waals surface area contributed by atoms with E-state index in [2.05, 4.69) is 5.32 Å². The SMILES string of the molecule is CC(C)N(CC1CCCCN1)c1ccc(F)cc1[N+](=O)[O-]. The fourth-order valence-electron chi connectivity index (χ4n) is 2.79. The van der Waals surface area contributed by atoms with Gasteiger partial charge in [-0.05, 0) is 45.4 Å². The first kappa shape index (κ1) is 15.7. The van der Waals surface area contributed by atoms with Gasteiger partial charge in [-0.1, -0.05) is 6.42 Å². The fraction of sp³-hybridized carbons (Fsp3) is 0.600. The minimum absolute atomic E-state index is 0.109. The Balaban J connectivity index is 2.27. The van der Waals surface area contributed by atoms with Crippen LogP contribution in [0.3, 0.4) is 0 Å². The van der Waals surface area contributed by atoms with Crippen molar-refractivity contribution in [1.82, 2.24) is 5.32 Å². The summed E-state index contributed by atoms with van der Waals surface area (Å²) in [5, 5.41) is 14.6. The second kappa shape index (κ2) is 6.85. The van der Waals surface area contributed by atoms with Crippen LogP contribution in [0.2, 0.25) is 0 Å². The van der Waals surface area contributed by atoms with Gasteiger partial charge in [0.15, 0.2) is 0 Å². The maximum absolute atomic E-state index is 13.3. The summed E-state index contributed by atoms with van der Waals surface area (Å²) in [4.78, 5) is 12.7. The van der Waals surface area contributed by atoms with Gasteiger partial charge >= 0.3 is 0 Å². The van der Waals surface area contributed by atoms with Crippen molar-refractivity contribution in [2.45, 2.75) is 45.2 Å². The molecule has 1 fully saturated rings.